The minimum Gasteiger partial charge on any atom is -0.400 e. The number of fused-ring (bicyclic) bond motifs is 1. The van der Waals surface area contributed by atoms with Gasteiger partial charge in [-0.2, -0.15) is 0 Å². The molecule has 0 atom stereocenters. The lowest BCUT2D eigenvalue weighted by Crippen LogP contribution is -2.12. The van der Waals surface area contributed by atoms with Crippen molar-refractivity contribution in [2.24, 2.45) is 5.92 Å². The van der Waals surface area contributed by atoms with E-state index in [1.807, 2.05) is 6.20 Å². The van der Waals surface area contributed by atoms with Crippen molar-refractivity contribution in [2.75, 3.05) is 12.4 Å². The SMILES string of the molecule is CCCCc1cccc(-c2cncc3nc(NC(=O)C4CC4)sc23)c1.CO. The van der Waals surface area contributed by atoms with E-state index in [0.717, 1.165) is 47.7 Å². The Hall–Kier alpha value is -2.31. The van der Waals surface area contributed by atoms with Crippen LogP contribution in [0.1, 0.15) is 38.2 Å². The molecule has 0 radical (unpaired) electrons. The number of nitrogens with one attached hydrogen (secondary N) is 1. The highest BCUT2D eigenvalue weighted by Crippen LogP contribution is 2.36. The zero-order valence-corrected chi connectivity index (χ0v) is 16.6. The Labute approximate surface area is 163 Å². The average molecular weight is 384 g/mol. The van der Waals surface area contributed by atoms with E-state index in [2.05, 4.69) is 46.5 Å². The number of unbranched alkanes of at least 4 members (excludes halogenated alkanes) is 1. The smallest absolute Gasteiger partial charge is 0.229 e. The summed E-state index contributed by atoms with van der Waals surface area (Å²) in [6.07, 6.45) is 9.14. The topological polar surface area (TPSA) is 75.1 Å². The maximum atomic E-state index is 12.0. The maximum absolute atomic E-state index is 12.0. The Kier molecular flexibility index (Phi) is 6.53. The molecule has 0 bridgehead atoms. The first kappa shape index (κ1) is 19.5. The number of aliphatic hydroxyl groups is 1. The van der Waals surface area contributed by atoms with E-state index in [1.165, 1.54) is 29.7 Å². The number of anilines is 1. The van der Waals surface area contributed by atoms with Gasteiger partial charge in [0.25, 0.3) is 0 Å². The number of pyridine rings is 1. The van der Waals surface area contributed by atoms with Crippen LogP contribution in [0.3, 0.4) is 0 Å². The molecule has 1 fully saturated rings. The molecule has 0 saturated heterocycles. The summed E-state index contributed by atoms with van der Waals surface area (Å²) in [5.74, 6) is 0.273. The maximum Gasteiger partial charge on any atom is 0.229 e. The summed E-state index contributed by atoms with van der Waals surface area (Å²) < 4.78 is 1.08. The molecule has 0 aliphatic heterocycles. The average Bonchev–Trinajstić information content (AvgIpc) is 3.48. The summed E-state index contributed by atoms with van der Waals surface area (Å²) in [6.45, 7) is 2.21. The van der Waals surface area contributed by atoms with Gasteiger partial charge in [0, 0.05) is 24.8 Å². The number of thiazole rings is 1. The second-order valence-electron chi connectivity index (χ2n) is 6.62. The standard InChI is InChI=1S/C20H21N3OS.CH4O/c1-2-3-5-13-6-4-7-15(10-13)16-11-21-12-17-18(16)25-20(22-17)23-19(24)14-8-9-14;1-2/h4,6-7,10-12,14H,2-3,5,8-9H2,1H3,(H,22,23,24);2H,1H3. The van der Waals surface area contributed by atoms with Crippen LogP contribution in [0.25, 0.3) is 21.3 Å². The number of aryl methyl sites for hydroxylation is 1. The first-order valence-electron chi connectivity index (χ1n) is 9.34. The van der Waals surface area contributed by atoms with Crippen LogP contribution in [0.4, 0.5) is 5.13 Å². The molecule has 1 amide bonds. The molecule has 142 valence electrons. The largest absolute Gasteiger partial charge is 0.400 e. The van der Waals surface area contributed by atoms with Crippen molar-refractivity contribution in [2.45, 2.75) is 39.0 Å². The summed E-state index contributed by atoms with van der Waals surface area (Å²) in [7, 11) is 1.00. The summed E-state index contributed by atoms with van der Waals surface area (Å²) >= 11 is 1.53. The van der Waals surface area contributed by atoms with Crippen LogP contribution in [0.2, 0.25) is 0 Å². The first-order chi connectivity index (χ1) is 13.2. The van der Waals surface area contributed by atoms with E-state index in [4.69, 9.17) is 5.11 Å². The van der Waals surface area contributed by atoms with E-state index in [1.54, 1.807) is 6.20 Å². The molecule has 2 N–H and O–H groups in total. The van der Waals surface area contributed by atoms with Crippen LogP contribution in [0.15, 0.2) is 36.7 Å². The van der Waals surface area contributed by atoms with Crippen molar-refractivity contribution >= 4 is 32.6 Å². The normalized spacial score (nSPS) is 13.1. The molecule has 1 saturated carbocycles. The van der Waals surface area contributed by atoms with Crippen LogP contribution < -0.4 is 5.32 Å². The van der Waals surface area contributed by atoms with Crippen molar-refractivity contribution in [3.8, 4) is 11.1 Å². The second-order valence-corrected chi connectivity index (χ2v) is 7.62. The number of benzene rings is 1. The molecule has 0 unspecified atom stereocenters. The van der Waals surface area contributed by atoms with Crippen molar-refractivity contribution in [3.05, 3.63) is 42.2 Å². The van der Waals surface area contributed by atoms with Crippen molar-refractivity contribution in [1.82, 2.24) is 9.97 Å². The molecule has 5 nitrogen and oxygen atoms in total. The summed E-state index contributed by atoms with van der Waals surface area (Å²) in [6, 6.07) is 8.65. The zero-order valence-electron chi connectivity index (χ0n) is 15.7. The van der Waals surface area contributed by atoms with E-state index >= 15 is 0 Å². The minimum atomic E-state index is 0.0927. The molecule has 1 aliphatic carbocycles. The lowest BCUT2D eigenvalue weighted by Gasteiger charge is -2.05. The van der Waals surface area contributed by atoms with Gasteiger partial charge in [0.1, 0.15) is 5.52 Å². The molecule has 3 aromatic rings. The van der Waals surface area contributed by atoms with Crippen LogP contribution in [0.5, 0.6) is 0 Å². The summed E-state index contributed by atoms with van der Waals surface area (Å²) in [4.78, 5) is 20.9. The Morgan fingerprint density at radius 3 is 2.85 bits per heavy atom. The van der Waals surface area contributed by atoms with Crippen LogP contribution in [0, 0.1) is 5.92 Å². The number of nitrogens with zero attached hydrogens (tertiary/aromatic N) is 2. The molecule has 0 spiro atoms. The molecule has 2 heterocycles. The number of hydrogen-bond acceptors (Lipinski definition) is 5. The van der Waals surface area contributed by atoms with Gasteiger partial charge in [0.05, 0.1) is 10.9 Å². The molecule has 1 aromatic carbocycles. The van der Waals surface area contributed by atoms with Crippen molar-refractivity contribution in [1.29, 1.82) is 0 Å². The Morgan fingerprint density at radius 2 is 2.11 bits per heavy atom. The van der Waals surface area contributed by atoms with E-state index in [-0.39, 0.29) is 11.8 Å². The third kappa shape index (κ3) is 4.70. The molecule has 1 aliphatic rings. The molecule has 6 heteroatoms. The second kappa shape index (κ2) is 9.06. The zero-order chi connectivity index (χ0) is 19.2. The minimum absolute atomic E-state index is 0.0927. The molecule has 2 aromatic heterocycles. The van der Waals surface area contributed by atoms with Crippen molar-refractivity contribution in [3.63, 3.8) is 0 Å². The third-order valence-electron chi connectivity index (χ3n) is 4.53. The van der Waals surface area contributed by atoms with E-state index in [9.17, 15) is 4.79 Å². The highest BCUT2D eigenvalue weighted by Gasteiger charge is 2.30. The van der Waals surface area contributed by atoms with E-state index < -0.39 is 0 Å². The van der Waals surface area contributed by atoms with Gasteiger partial charge in [0.2, 0.25) is 5.91 Å². The van der Waals surface area contributed by atoms with Gasteiger partial charge in [-0.15, -0.1) is 0 Å². The predicted molar refractivity (Wildman–Crippen MR) is 111 cm³/mol. The van der Waals surface area contributed by atoms with Crippen LogP contribution in [-0.2, 0) is 11.2 Å². The monoisotopic (exact) mass is 383 g/mol. The third-order valence-corrected chi connectivity index (χ3v) is 5.55. The van der Waals surface area contributed by atoms with Gasteiger partial charge in [-0.1, -0.05) is 48.9 Å². The van der Waals surface area contributed by atoms with Crippen molar-refractivity contribution < 1.29 is 9.90 Å². The van der Waals surface area contributed by atoms with Gasteiger partial charge < -0.3 is 10.4 Å². The number of aliphatic hydroxyl groups excluding tert-OH is 1. The Bertz CT molecular complexity index is 919. The van der Waals surface area contributed by atoms with Gasteiger partial charge >= 0.3 is 0 Å². The van der Waals surface area contributed by atoms with Crippen LogP contribution >= 0.6 is 11.3 Å². The number of aromatic nitrogens is 2. The molecular formula is C21H25N3O2S. The number of hydrogen-bond donors (Lipinski definition) is 2. The first-order valence-corrected chi connectivity index (χ1v) is 10.2. The number of amides is 1. The Morgan fingerprint density at radius 1 is 1.30 bits per heavy atom. The molecular weight excluding hydrogens is 358 g/mol. The van der Waals surface area contributed by atoms with Crippen LogP contribution in [-0.4, -0.2) is 28.1 Å². The lowest BCUT2D eigenvalue weighted by molar-refractivity contribution is -0.117. The number of carbonyl (C=O) groups is 1. The Balaban J connectivity index is 0.00000102. The highest BCUT2D eigenvalue weighted by atomic mass is 32.1. The lowest BCUT2D eigenvalue weighted by atomic mass is 10.0. The van der Waals surface area contributed by atoms with Gasteiger partial charge in [-0.05, 0) is 36.8 Å². The number of rotatable bonds is 6. The number of carbonyl (C=O) groups excluding carboxylic acids is 1. The van der Waals surface area contributed by atoms with Gasteiger partial charge in [-0.25, -0.2) is 4.98 Å². The summed E-state index contributed by atoms with van der Waals surface area (Å²) in [5.41, 5.74) is 4.44. The van der Waals surface area contributed by atoms with Gasteiger partial charge in [-0.3, -0.25) is 9.78 Å². The van der Waals surface area contributed by atoms with E-state index in [0.29, 0.717) is 5.13 Å². The molecule has 27 heavy (non-hydrogen) atoms. The quantitative estimate of drug-likeness (QED) is 0.649. The van der Waals surface area contributed by atoms with Gasteiger partial charge in [0.15, 0.2) is 5.13 Å². The fraction of sp³-hybridized carbons (Fsp3) is 0.381. The molecule has 4 rings (SSSR count). The summed E-state index contributed by atoms with van der Waals surface area (Å²) in [5, 5.41) is 10.6. The fourth-order valence-corrected chi connectivity index (χ4v) is 3.91. The predicted octanol–water partition coefficient (Wildman–Crippen LogP) is 4.66. The fourth-order valence-electron chi connectivity index (χ4n) is 2.94. The highest BCUT2D eigenvalue weighted by molar-refractivity contribution is 7.22.